The molecule has 1 aromatic heterocycles. The summed E-state index contributed by atoms with van der Waals surface area (Å²) in [6.45, 7) is 3.05. The Labute approximate surface area is 96.1 Å². The number of terminal acetylenes is 1. The molecule has 1 fully saturated rings. The summed E-state index contributed by atoms with van der Waals surface area (Å²) < 4.78 is 0. The van der Waals surface area contributed by atoms with Gasteiger partial charge in [0.1, 0.15) is 12.1 Å². The Hall–Kier alpha value is -1.60. The summed E-state index contributed by atoms with van der Waals surface area (Å²) in [7, 11) is 0. The van der Waals surface area contributed by atoms with Gasteiger partial charge in [-0.2, -0.15) is 0 Å². The first-order valence-electron chi connectivity index (χ1n) is 5.58. The van der Waals surface area contributed by atoms with Crippen molar-refractivity contribution in [1.82, 2.24) is 15.3 Å². The molecule has 1 aromatic rings. The molecule has 0 atom stereocenters. The Morgan fingerprint density at radius 3 is 3.12 bits per heavy atom. The quantitative estimate of drug-likeness (QED) is 0.580. The van der Waals surface area contributed by atoms with E-state index in [1.165, 1.54) is 0 Å². The average molecular weight is 216 g/mol. The van der Waals surface area contributed by atoms with Crippen molar-refractivity contribution in [2.24, 2.45) is 0 Å². The van der Waals surface area contributed by atoms with Crippen LogP contribution < -0.4 is 10.2 Å². The second-order valence-corrected chi connectivity index (χ2v) is 3.93. The van der Waals surface area contributed by atoms with Crippen LogP contribution >= 0.6 is 0 Å². The second-order valence-electron chi connectivity index (χ2n) is 3.93. The van der Waals surface area contributed by atoms with Crippen molar-refractivity contribution in [3.63, 3.8) is 0 Å². The summed E-state index contributed by atoms with van der Waals surface area (Å²) in [6.07, 6.45) is 10.5. The number of aromatic nitrogens is 2. The van der Waals surface area contributed by atoms with Crippen LogP contribution in [-0.2, 0) is 0 Å². The highest BCUT2D eigenvalue weighted by Crippen LogP contribution is 2.16. The first kappa shape index (κ1) is 10.9. The fourth-order valence-corrected chi connectivity index (χ4v) is 1.76. The predicted molar refractivity (Wildman–Crippen MR) is 64.1 cm³/mol. The van der Waals surface area contributed by atoms with E-state index in [4.69, 9.17) is 6.42 Å². The van der Waals surface area contributed by atoms with Gasteiger partial charge < -0.3 is 10.2 Å². The number of anilines is 1. The molecule has 2 heterocycles. The van der Waals surface area contributed by atoms with Crippen LogP contribution in [0.1, 0.15) is 12.8 Å². The largest absolute Gasteiger partial charge is 0.353 e. The molecule has 0 spiro atoms. The number of rotatable bonds is 5. The highest BCUT2D eigenvalue weighted by atomic mass is 15.3. The molecule has 1 aliphatic rings. The number of hydrogen-bond donors (Lipinski definition) is 1. The number of nitrogens with one attached hydrogen (secondary N) is 1. The zero-order chi connectivity index (χ0) is 11.2. The van der Waals surface area contributed by atoms with Crippen LogP contribution in [0.3, 0.4) is 0 Å². The fourth-order valence-electron chi connectivity index (χ4n) is 1.76. The maximum Gasteiger partial charge on any atom is 0.132 e. The molecule has 84 valence electrons. The highest BCUT2D eigenvalue weighted by molar-refractivity contribution is 5.40. The second kappa shape index (κ2) is 5.47. The van der Waals surface area contributed by atoms with Crippen molar-refractivity contribution < 1.29 is 0 Å². The van der Waals surface area contributed by atoms with Gasteiger partial charge in [0.2, 0.25) is 0 Å². The third kappa shape index (κ3) is 2.71. The van der Waals surface area contributed by atoms with E-state index in [0.717, 1.165) is 38.3 Å². The lowest BCUT2D eigenvalue weighted by atomic mass is 10.1. The van der Waals surface area contributed by atoms with Crippen molar-refractivity contribution in [1.29, 1.82) is 0 Å². The number of unbranched alkanes of at least 4 members (excludes halogenated alkanes) is 1. The van der Waals surface area contributed by atoms with E-state index >= 15 is 0 Å². The lowest BCUT2D eigenvalue weighted by Crippen LogP contribution is -2.58. The monoisotopic (exact) mass is 216 g/mol. The van der Waals surface area contributed by atoms with Gasteiger partial charge >= 0.3 is 0 Å². The molecule has 4 nitrogen and oxygen atoms in total. The van der Waals surface area contributed by atoms with Gasteiger partial charge in [0, 0.05) is 31.7 Å². The Morgan fingerprint density at radius 2 is 2.44 bits per heavy atom. The number of nitrogens with zero attached hydrogens (tertiary/aromatic N) is 3. The summed E-state index contributed by atoms with van der Waals surface area (Å²) in [4.78, 5) is 10.3. The topological polar surface area (TPSA) is 41.0 Å². The van der Waals surface area contributed by atoms with Crippen molar-refractivity contribution in [3.8, 4) is 12.3 Å². The Balaban J connectivity index is 1.65. The molecule has 0 saturated carbocycles. The van der Waals surface area contributed by atoms with Gasteiger partial charge in [-0.1, -0.05) is 0 Å². The summed E-state index contributed by atoms with van der Waals surface area (Å²) in [5, 5.41) is 3.47. The molecule has 2 rings (SSSR count). The summed E-state index contributed by atoms with van der Waals surface area (Å²) in [5.41, 5.74) is 0. The normalized spacial score (nSPS) is 15.6. The van der Waals surface area contributed by atoms with Crippen molar-refractivity contribution in [2.75, 3.05) is 24.5 Å². The van der Waals surface area contributed by atoms with E-state index in [0.29, 0.717) is 6.04 Å². The molecule has 0 aliphatic carbocycles. The van der Waals surface area contributed by atoms with Gasteiger partial charge in [0.15, 0.2) is 0 Å². The van der Waals surface area contributed by atoms with Crippen LogP contribution in [0.2, 0.25) is 0 Å². The van der Waals surface area contributed by atoms with Crippen LogP contribution in [-0.4, -0.2) is 35.6 Å². The third-order valence-electron chi connectivity index (χ3n) is 2.70. The first-order chi connectivity index (χ1) is 7.90. The molecule has 0 bridgehead atoms. The third-order valence-corrected chi connectivity index (χ3v) is 2.70. The van der Waals surface area contributed by atoms with Crippen molar-refractivity contribution in [3.05, 3.63) is 18.6 Å². The minimum atomic E-state index is 0.577. The average Bonchev–Trinajstić information content (AvgIpc) is 2.28. The van der Waals surface area contributed by atoms with E-state index in [2.05, 4.69) is 26.1 Å². The molecular weight excluding hydrogens is 200 g/mol. The molecule has 1 aliphatic heterocycles. The van der Waals surface area contributed by atoms with Crippen LogP contribution in [0, 0.1) is 12.3 Å². The lowest BCUT2D eigenvalue weighted by molar-refractivity contribution is 0.415. The van der Waals surface area contributed by atoms with Crippen LogP contribution in [0.4, 0.5) is 5.82 Å². The lowest BCUT2D eigenvalue weighted by Gasteiger charge is -2.40. The van der Waals surface area contributed by atoms with Crippen LogP contribution in [0.15, 0.2) is 18.6 Å². The molecule has 1 N–H and O–H groups in total. The van der Waals surface area contributed by atoms with Gasteiger partial charge in [0.25, 0.3) is 0 Å². The van der Waals surface area contributed by atoms with E-state index in [1.54, 1.807) is 12.5 Å². The Bertz CT molecular complexity index is 351. The van der Waals surface area contributed by atoms with Crippen molar-refractivity contribution in [2.45, 2.75) is 18.9 Å². The molecule has 16 heavy (non-hydrogen) atoms. The van der Waals surface area contributed by atoms with Gasteiger partial charge in [-0.15, -0.1) is 12.3 Å². The smallest absolute Gasteiger partial charge is 0.132 e. The van der Waals surface area contributed by atoms with Crippen LogP contribution in [0.25, 0.3) is 0 Å². The SMILES string of the molecule is C#CCCCNC1CN(c2ccncn2)C1. The minimum Gasteiger partial charge on any atom is -0.353 e. The molecule has 1 saturated heterocycles. The van der Waals surface area contributed by atoms with E-state index in [1.807, 2.05) is 6.07 Å². The van der Waals surface area contributed by atoms with Crippen LogP contribution in [0.5, 0.6) is 0 Å². The molecule has 0 unspecified atom stereocenters. The first-order valence-corrected chi connectivity index (χ1v) is 5.58. The highest BCUT2D eigenvalue weighted by Gasteiger charge is 2.26. The summed E-state index contributed by atoms with van der Waals surface area (Å²) in [6, 6.07) is 2.52. The molecule has 0 radical (unpaired) electrons. The maximum absolute atomic E-state index is 5.19. The van der Waals surface area contributed by atoms with Gasteiger partial charge in [-0.3, -0.25) is 0 Å². The van der Waals surface area contributed by atoms with E-state index < -0.39 is 0 Å². The van der Waals surface area contributed by atoms with E-state index in [9.17, 15) is 0 Å². The molecule has 4 heteroatoms. The standard InChI is InChI=1S/C12H16N4/c1-2-3-4-6-14-11-8-16(9-11)12-5-7-13-10-15-12/h1,5,7,10-11,14H,3-4,6,8-9H2. The zero-order valence-corrected chi connectivity index (χ0v) is 9.26. The maximum atomic E-state index is 5.19. The molecule has 0 aromatic carbocycles. The Kier molecular flexibility index (Phi) is 3.73. The number of hydrogen-bond acceptors (Lipinski definition) is 4. The van der Waals surface area contributed by atoms with Gasteiger partial charge in [0.05, 0.1) is 0 Å². The van der Waals surface area contributed by atoms with Gasteiger partial charge in [-0.25, -0.2) is 9.97 Å². The molecule has 0 amide bonds. The molecular formula is C12H16N4. The van der Waals surface area contributed by atoms with E-state index in [-0.39, 0.29) is 0 Å². The van der Waals surface area contributed by atoms with Crippen molar-refractivity contribution >= 4 is 5.82 Å². The Morgan fingerprint density at radius 1 is 1.56 bits per heavy atom. The summed E-state index contributed by atoms with van der Waals surface area (Å²) in [5.74, 6) is 3.66. The minimum absolute atomic E-state index is 0.577. The summed E-state index contributed by atoms with van der Waals surface area (Å²) >= 11 is 0. The zero-order valence-electron chi connectivity index (χ0n) is 9.26. The predicted octanol–water partition coefficient (Wildman–Crippen LogP) is 0.668. The van der Waals surface area contributed by atoms with Gasteiger partial charge in [-0.05, 0) is 19.0 Å². The fraction of sp³-hybridized carbons (Fsp3) is 0.500.